The summed E-state index contributed by atoms with van der Waals surface area (Å²) < 4.78 is 13.0. The first-order valence-electron chi connectivity index (χ1n) is 7.24. The van der Waals surface area contributed by atoms with E-state index in [0.717, 1.165) is 55.9 Å². The molecule has 0 N–H and O–H groups in total. The molecule has 7 nitrogen and oxygen atoms in total. The van der Waals surface area contributed by atoms with Crippen LogP contribution in [0.4, 0.5) is 0 Å². The Balaban J connectivity index is 1.59. The molecule has 7 heteroatoms. The summed E-state index contributed by atoms with van der Waals surface area (Å²) in [7, 11) is 0. The van der Waals surface area contributed by atoms with Gasteiger partial charge in [-0.3, -0.25) is 4.90 Å². The molecular formula is C14H21N5O2. The molecule has 1 atom stereocenters. The molecule has 3 rings (SSSR count). The second kappa shape index (κ2) is 5.95. The van der Waals surface area contributed by atoms with E-state index in [1.54, 1.807) is 0 Å². The first-order valence-corrected chi connectivity index (χ1v) is 7.24. The Morgan fingerprint density at radius 2 is 2.19 bits per heavy atom. The lowest BCUT2D eigenvalue weighted by Crippen LogP contribution is -2.43. The molecule has 0 bridgehead atoms. The fourth-order valence-electron chi connectivity index (χ4n) is 2.67. The molecule has 0 saturated carbocycles. The molecule has 114 valence electrons. The van der Waals surface area contributed by atoms with Gasteiger partial charge in [0.15, 0.2) is 5.76 Å². The van der Waals surface area contributed by atoms with E-state index in [4.69, 9.17) is 9.26 Å². The minimum absolute atomic E-state index is 0.127. The van der Waals surface area contributed by atoms with Crippen molar-refractivity contribution in [1.29, 1.82) is 0 Å². The van der Waals surface area contributed by atoms with Crippen molar-refractivity contribution in [1.82, 2.24) is 24.8 Å². The highest BCUT2D eigenvalue weighted by molar-refractivity contribution is 5.03. The van der Waals surface area contributed by atoms with Crippen molar-refractivity contribution in [2.45, 2.75) is 40.0 Å². The standard InChI is InChI=1S/C14H21N5O2/c1-10-6-13(21-17-10)7-18-4-5-20-14(8-18)9-19-12(3)15-11(2)16-19/h6,14H,4-5,7-9H2,1-3H3/t14-/m0/s1. The zero-order valence-electron chi connectivity index (χ0n) is 12.7. The van der Waals surface area contributed by atoms with E-state index in [0.29, 0.717) is 0 Å². The number of nitrogens with zero attached hydrogens (tertiary/aromatic N) is 5. The van der Waals surface area contributed by atoms with Crippen LogP contribution >= 0.6 is 0 Å². The van der Waals surface area contributed by atoms with Crippen LogP contribution in [0.1, 0.15) is 23.1 Å². The summed E-state index contributed by atoms with van der Waals surface area (Å²) in [6, 6.07) is 1.98. The minimum atomic E-state index is 0.127. The molecule has 1 saturated heterocycles. The van der Waals surface area contributed by atoms with Gasteiger partial charge in [-0.1, -0.05) is 5.16 Å². The first-order chi connectivity index (χ1) is 10.1. The van der Waals surface area contributed by atoms with E-state index in [1.165, 1.54) is 0 Å². The molecule has 21 heavy (non-hydrogen) atoms. The molecule has 0 spiro atoms. The molecule has 1 aliphatic heterocycles. The van der Waals surface area contributed by atoms with Crippen LogP contribution in [0.15, 0.2) is 10.6 Å². The van der Waals surface area contributed by atoms with E-state index in [9.17, 15) is 0 Å². The number of morpholine rings is 1. The van der Waals surface area contributed by atoms with Gasteiger partial charge in [-0.2, -0.15) is 5.10 Å². The summed E-state index contributed by atoms with van der Waals surface area (Å²) in [6.45, 7) is 9.81. The molecule has 0 radical (unpaired) electrons. The van der Waals surface area contributed by atoms with Gasteiger partial charge in [-0.05, 0) is 20.8 Å². The topological polar surface area (TPSA) is 69.2 Å². The average Bonchev–Trinajstić information content (AvgIpc) is 2.96. The van der Waals surface area contributed by atoms with Crippen molar-refractivity contribution in [3.8, 4) is 0 Å². The Kier molecular flexibility index (Phi) is 4.03. The highest BCUT2D eigenvalue weighted by atomic mass is 16.5. The maximum absolute atomic E-state index is 5.84. The Bertz CT molecular complexity index is 606. The molecular weight excluding hydrogens is 270 g/mol. The normalized spacial score (nSPS) is 20.0. The van der Waals surface area contributed by atoms with Crippen LogP contribution in [0, 0.1) is 20.8 Å². The Morgan fingerprint density at radius 1 is 1.33 bits per heavy atom. The Hall–Kier alpha value is -1.73. The van der Waals surface area contributed by atoms with E-state index in [-0.39, 0.29) is 6.10 Å². The third kappa shape index (κ3) is 3.48. The molecule has 1 aliphatic rings. The zero-order valence-corrected chi connectivity index (χ0v) is 12.7. The van der Waals surface area contributed by atoms with Gasteiger partial charge in [0.25, 0.3) is 0 Å². The zero-order chi connectivity index (χ0) is 14.8. The fourth-order valence-corrected chi connectivity index (χ4v) is 2.67. The molecule has 2 aromatic rings. The van der Waals surface area contributed by atoms with Gasteiger partial charge in [0.1, 0.15) is 11.6 Å². The maximum Gasteiger partial charge on any atom is 0.150 e. The van der Waals surface area contributed by atoms with Crippen LogP contribution in [0.3, 0.4) is 0 Å². The third-order valence-electron chi connectivity index (χ3n) is 3.62. The highest BCUT2D eigenvalue weighted by Gasteiger charge is 2.23. The van der Waals surface area contributed by atoms with Gasteiger partial charge in [0, 0.05) is 19.2 Å². The van der Waals surface area contributed by atoms with Gasteiger partial charge >= 0.3 is 0 Å². The summed E-state index contributed by atoms with van der Waals surface area (Å²) in [5.41, 5.74) is 0.920. The Labute approximate surface area is 123 Å². The van der Waals surface area contributed by atoms with Crippen LogP contribution in [0.25, 0.3) is 0 Å². The van der Waals surface area contributed by atoms with Crippen LogP contribution in [-0.4, -0.2) is 50.6 Å². The van der Waals surface area contributed by atoms with Crippen LogP contribution in [-0.2, 0) is 17.8 Å². The van der Waals surface area contributed by atoms with Crippen LogP contribution < -0.4 is 0 Å². The number of rotatable bonds is 4. The van der Waals surface area contributed by atoms with Gasteiger partial charge < -0.3 is 9.26 Å². The number of ether oxygens (including phenoxy) is 1. The summed E-state index contributed by atoms with van der Waals surface area (Å²) in [4.78, 5) is 6.65. The van der Waals surface area contributed by atoms with E-state index < -0.39 is 0 Å². The van der Waals surface area contributed by atoms with Gasteiger partial charge in [-0.25, -0.2) is 9.67 Å². The Morgan fingerprint density at radius 3 is 2.86 bits per heavy atom. The summed E-state index contributed by atoms with van der Waals surface area (Å²) in [5.74, 6) is 2.64. The van der Waals surface area contributed by atoms with Crippen molar-refractivity contribution < 1.29 is 9.26 Å². The van der Waals surface area contributed by atoms with Crippen LogP contribution in [0.5, 0.6) is 0 Å². The average molecular weight is 291 g/mol. The van der Waals surface area contributed by atoms with Crippen molar-refractivity contribution in [2.24, 2.45) is 0 Å². The maximum atomic E-state index is 5.84. The van der Waals surface area contributed by atoms with E-state index >= 15 is 0 Å². The van der Waals surface area contributed by atoms with Crippen molar-refractivity contribution in [3.63, 3.8) is 0 Å². The van der Waals surface area contributed by atoms with Gasteiger partial charge in [0.2, 0.25) is 0 Å². The fraction of sp³-hybridized carbons (Fsp3) is 0.643. The molecule has 0 aliphatic carbocycles. The van der Waals surface area contributed by atoms with Crippen LogP contribution in [0.2, 0.25) is 0 Å². The van der Waals surface area contributed by atoms with Gasteiger partial charge in [0.05, 0.1) is 31.5 Å². The molecule has 2 aromatic heterocycles. The van der Waals surface area contributed by atoms with Crippen molar-refractivity contribution in [2.75, 3.05) is 19.7 Å². The predicted molar refractivity (Wildman–Crippen MR) is 75.8 cm³/mol. The number of aromatic nitrogens is 4. The van der Waals surface area contributed by atoms with E-state index in [1.807, 2.05) is 31.5 Å². The monoisotopic (exact) mass is 291 g/mol. The minimum Gasteiger partial charge on any atom is -0.374 e. The molecule has 0 amide bonds. The summed E-state index contributed by atoms with van der Waals surface area (Å²) in [6.07, 6.45) is 0.127. The van der Waals surface area contributed by atoms with E-state index in [2.05, 4.69) is 20.1 Å². The lowest BCUT2D eigenvalue weighted by molar-refractivity contribution is -0.0425. The van der Waals surface area contributed by atoms with Crippen molar-refractivity contribution >= 4 is 0 Å². The third-order valence-corrected chi connectivity index (χ3v) is 3.62. The molecule has 0 unspecified atom stereocenters. The SMILES string of the molecule is Cc1cc(CN2CCO[C@H](Cn3nc(C)nc3C)C2)on1. The highest BCUT2D eigenvalue weighted by Crippen LogP contribution is 2.13. The first kappa shape index (κ1) is 14.2. The smallest absolute Gasteiger partial charge is 0.150 e. The largest absolute Gasteiger partial charge is 0.374 e. The van der Waals surface area contributed by atoms with Crippen molar-refractivity contribution in [3.05, 3.63) is 29.2 Å². The number of hydrogen-bond donors (Lipinski definition) is 0. The van der Waals surface area contributed by atoms with Gasteiger partial charge in [-0.15, -0.1) is 0 Å². The quantitative estimate of drug-likeness (QED) is 0.840. The molecule has 3 heterocycles. The second-order valence-electron chi connectivity index (χ2n) is 5.55. The molecule has 0 aromatic carbocycles. The summed E-state index contributed by atoms with van der Waals surface area (Å²) in [5, 5.41) is 8.32. The summed E-state index contributed by atoms with van der Waals surface area (Å²) >= 11 is 0. The number of aryl methyl sites for hydroxylation is 3. The molecule has 1 fully saturated rings. The second-order valence-corrected chi connectivity index (χ2v) is 5.55. The lowest BCUT2D eigenvalue weighted by atomic mass is 10.2. The lowest BCUT2D eigenvalue weighted by Gasteiger charge is -2.32. The predicted octanol–water partition coefficient (Wildman–Crippen LogP) is 1.09. The number of hydrogen-bond acceptors (Lipinski definition) is 6.